The highest BCUT2D eigenvalue weighted by molar-refractivity contribution is 5.90. The standard InChI is InChI=1S/C26H29F2N7O4/c27-20-12-18(35-16-19(39-26(35)38)14-31-25(37)17-3-4-17)13-21(28)24(20)34-10-8-33(9-11-34)23(36)2-1-6-32-7-5-30-15-22(32)29/h1,5-7,12-13,15,17,19,29H,2-4,8-11,14,16H2,(H,31,37)/b6-1+,29-22?. The molecule has 5 rings (SSSR count). The molecule has 3 amide bonds. The molecule has 0 bridgehead atoms. The van der Waals surface area contributed by atoms with Gasteiger partial charge in [0.25, 0.3) is 0 Å². The van der Waals surface area contributed by atoms with Crippen LogP contribution < -0.4 is 20.6 Å². The number of carbonyl (C=O) groups excluding carboxylic acids is 3. The monoisotopic (exact) mass is 541 g/mol. The van der Waals surface area contributed by atoms with Gasteiger partial charge >= 0.3 is 6.09 Å². The molecule has 3 aliphatic rings. The number of carbonyl (C=O) groups is 3. The Morgan fingerprint density at radius 2 is 1.87 bits per heavy atom. The number of nitrogens with zero attached hydrogens (tertiary/aromatic N) is 5. The van der Waals surface area contributed by atoms with E-state index in [2.05, 4.69) is 10.3 Å². The molecule has 206 valence electrons. The van der Waals surface area contributed by atoms with Gasteiger partial charge in [-0.05, 0) is 12.8 Å². The molecule has 0 radical (unpaired) electrons. The number of cyclic esters (lactones) is 1. The van der Waals surface area contributed by atoms with Crippen LogP contribution in [0.5, 0.6) is 0 Å². The minimum absolute atomic E-state index is 0.0279. The van der Waals surface area contributed by atoms with Gasteiger partial charge in [-0.25, -0.2) is 13.6 Å². The number of ether oxygens (including phenoxy) is 1. The van der Waals surface area contributed by atoms with E-state index in [9.17, 15) is 14.4 Å². The molecule has 2 aliphatic heterocycles. The van der Waals surface area contributed by atoms with Gasteiger partial charge in [0.2, 0.25) is 11.8 Å². The Morgan fingerprint density at radius 1 is 1.15 bits per heavy atom. The first-order chi connectivity index (χ1) is 18.8. The van der Waals surface area contributed by atoms with Crippen LogP contribution in [0, 0.1) is 23.0 Å². The predicted octanol–water partition coefficient (Wildman–Crippen LogP) is 1.70. The lowest BCUT2D eigenvalue weighted by Crippen LogP contribution is -2.49. The number of benzene rings is 1. The maximum Gasteiger partial charge on any atom is 0.414 e. The van der Waals surface area contributed by atoms with Crippen molar-refractivity contribution in [2.75, 3.05) is 49.1 Å². The van der Waals surface area contributed by atoms with E-state index in [1.54, 1.807) is 34.5 Å². The molecule has 39 heavy (non-hydrogen) atoms. The molecule has 1 aromatic carbocycles. The summed E-state index contributed by atoms with van der Waals surface area (Å²) < 4.78 is 37.0. The molecular weight excluding hydrogens is 512 g/mol. The van der Waals surface area contributed by atoms with Crippen LogP contribution in [0.15, 0.2) is 36.8 Å². The van der Waals surface area contributed by atoms with Crippen LogP contribution in [0.25, 0.3) is 6.20 Å². The highest BCUT2D eigenvalue weighted by Crippen LogP contribution is 2.32. The summed E-state index contributed by atoms with van der Waals surface area (Å²) in [5.41, 5.74) is 0.0191. The van der Waals surface area contributed by atoms with E-state index in [0.717, 1.165) is 29.9 Å². The van der Waals surface area contributed by atoms with Gasteiger partial charge in [-0.2, -0.15) is 0 Å². The SMILES string of the molecule is N=c1cnccn1/C=C/CC(=O)N1CCN(c2c(F)cc(N3CC(CNC(=O)C4CC4)OC3=O)cc2F)CC1. The van der Waals surface area contributed by atoms with Crippen LogP contribution in [-0.4, -0.2) is 77.7 Å². The molecule has 3 heterocycles. The van der Waals surface area contributed by atoms with Crippen molar-refractivity contribution in [3.8, 4) is 0 Å². The second kappa shape index (κ2) is 11.2. The lowest BCUT2D eigenvalue weighted by Gasteiger charge is -2.36. The number of amides is 3. The van der Waals surface area contributed by atoms with Crippen molar-refractivity contribution in [1.82, 2.24) is 19.8 Å². The Bertz CT molecular complexity index is 1330. The largest absolute Gasteiger partial charge is 0.442 e. The average molecular weight is 542 g/mol. The first kappa shape index (κ1) is 26.3. The Balaban J connectivity index is 1.15. The zero-order valence-electron chi connectivity index (χ0n) is 21.2. The van der Waals surface area contributed by atoms with E-state index in [1.807, 2.05) is 0 Å². The molecule has 2 aromatic rings. The normalized spacial score (nSPS) is 19.5. The highest BCUT2D eigenvalue weighted by Gasteiger charge is 2.36. The molecule has 1 unspecified atom stereocenters. The van der Waals surface area contributed by atoms with E-state index in [4.69, 9.17) is 10.1 Å². The van der Waals surface area contributed by atoms with Gasteiger partial charge in [-0.15, -0.1) is 0 Å². The van der Waals surface area contributed by atoms with Crippen LogP contribution >= 0.6 is 0 Å². The van der Waals surface area contributed by atoms with Crippen molar-refractivity contribution in [1.29, 1.82) is 5.41 Å². The van der Waals surface area contributed by atoms with Crippen molar-refractivity contribution in [2.45, 2.75) is 25.4 Å². The minimum atomic E-state index is -0.813. The molecule has 1 aromatic heterocycles. The second-order valence-electron chi connectivity index (χ2n) is 9.72. The zero-order valence-corrected chi connectivity index (χ0v) is 21.2. The molecule has 13 heteroatoms. The maximum absolute atomic E-state index is 15.1. The number of hydrogen-bond acceptors (Lipinski definition) is 7. The van der Waals surface area contributed by atoms with E-state index < -0.39 is 23.8 Å². The quantitative estimate of drug-likeness (QED) is 0.525. The molecule has 1 aliphatic carbocycles. The van der Waals surface area contributed by atoms with Gasteiger partial charge in [-0.1, -0.05) is 6.08 Å². The lowest BCUT2D eigenvalue weighted by atomic mass is 10.2. The Labute approximate surface area is 223 Å². The van der Waals surface area contributed by atoms with Gasteiger partial charge in [0.05, 0.1) is 25.0 Å². The number of anilines is 2. The van der Waals surface area contributed by atoms with Crippen molar-refractivity contribution < 1.29 is 27.9 Å². The van der Waals surface area contributed by atoms with E-state index in [1.165, 1.54) is 10.8 Å². The van der Waals surface area contributed by atoms with E-state index in [0.29, 0.717) is 13.1 Å². The Morgan fingerprint density at radius 3 is 2.54 bits per heavy atom. The third-order valence-electron chi connectivity index (χ3n) is 6.93. The number of aromatic nitrogens is 2. The smallest absolute Gasteiger partial charge is 0.414 e. The average Bonchev–Trinajstić information content (AvgIpc) is 3.70. The Kier molecular flexibility index (Phi) is 7.57. The number of halogens is 2. The summed E-state index contributed by atoms with van der Waals surface area (Å²) in [6.45, 7) is 1.30. The van der Waals surface area contributed by atoms with Crippen LogP contribution in [-0.2, 0) is 14.3 Å². The Hall–Kier alpha value is -4.29. The minimum Gasteiger partial charge on any atom is -0.442 e. The number of rotatable bonds is 8. The molecule has 2 saturated heterocycles. The number of hydrogen-bond donors (Lipinski definition) is 2. The highest BCUT2D eigenvalue weighted by atomic mass is 19.1. The van der Waals surface area contributed by atoms with Gasteiger partial charge in [0.1, 0.15) is 17.3 Å². The van der Waals surface area contributed by atoms with Crippen molar-refractivity contribution in [3.05, 3.63) is 53.9 Å². The van der Waals surface area contributed by atoms with Gasteiger partial charge < -0.3 is 24.4 Å². The van der Waals surface area contributed by atoms with Crippen molar-refractivity contribution in [3.63, 3.8) is 0 Å². The van der Waals surface area contributed by atoms with Crippen LogP contribution in [0.2, 0.25) is 0 Å². The van der Waals surface area contributed by atoms with Gasteiger partial charge in [0.15, 0.2) is 11.6 Å². The van der Waals surface area contributed by atoms with Crippen molar-refractivity contribution >= 4 is 35.5 Å². The molecule has 11 nitrogen and oxygen atoms in total. The molecule has 0 spiro atoms. The fraction of sp³-hybridized carbons (Fsp3) is 0.423. The lowest BCUT2D eigenvalue weighted by molar-refractivity contribution is -0.130. The zero-order chi connectivity index (χ0) is 27.5. The van der Waals surface area contributed by atoms with Crippen LogP contribution in [0.4, 0.5) is 25.0 Å². The van der Waals surface area contributed by atoms with Crippen molar-refractivity contribution in [2.24, 2.45) is 5.92 Å². The fourth-order valence-electron chi connectivity index (χ4n) is 4.63. The molecular formula is C26H29F2N7O4. The van der Waals surface area contributed by atoms with E-state index in [-0.39, 0.29) is 67.2 Å². The van der Waals surface area contributed by atoms with Gasteiger partial charge in [-0.3, -0.25) is 24.9 Å². The summed E-state index contributed by atoms with van der Waals surface area (Å²) in [6.07, 6.45) is 8.32. The second-order valence-corrected chi connectivity index (χ2v) is 9.72. The van der Waals surface area contributed by atoms with Gasteiger partial charge in [0, 0.05) is 69.2 Å². The summed E-state index contributed by atoms with van der Waals surface area (Å²) in [6, 6.07) is 2.20. The van der Waals surface area contributed by atoms with E-state index >= 15 is 8.78 Å². The summed E-state index contributed by atoms with van der Waals surface area (Å²) >= 11 is 0. The molecule has 3 fully saturated rings. The molecule has 2 N–H and O–H groups in total. The topological polar surface area (TPSA) is 124 Å². The maximum atomic E-state index is 15.1. The molecule has 1 atom stereocenters. The fourth-order valence-corrected chi connectivity index (χ4v) is 4.63. The first-order valence-electron chi connectivity index (χ1n) is 12.8. The summed E-state index contributed by atoms with van der Waals surface area (Å²) in [7, 11) is 0. The third kappa shape index (κ3) is 6.07. The molecule has 1 saturated carbocycles. The predicted molar refractivity (Wildman–Crippen MR) is 137 cm³/mol. The number of piperazine rings is 1. The van der Waals surface area contributed by atoms with Crippen LogP contribution in [0.3, 0.4) is 0 Å². The summed E-state index contributed by atoms with van der Waals surface area (Å²) in [5.74, 6) is -1.80. The summed E-state index contributed by atoms with van der Waals surface area (Å²) in [5, 5.41) is 10.5. The number of nitrogens with one attached hydrogen (secondary N) is 2. The first-order valence-corrected chi connectivity index (χ1v) is 12.8. The third-order valence-corrected chi connectivity index (χ3v) is 6.93. The summed E-state index contributed by atoms with van der Waals surface area (Å²) in [4.78, 5) is 44.9. The van der Waals surface area contributed by atoms with Crippen LogP contribution in [0.1, 0.15) is 19.3 Å².